The van der Waals surface area contributed by atoms with Crippen LogP contribution < -0.4 is 10.6 Å². The van der Waals surface area contributed by atoms with E-state index >= 15 is 0 Å². The lowest BCUT2D eigenvalue weighted by Crippen LogP contribution is -2.32. The Morgan fingerprint density at radius 2 is 2.05 bits per heavy atom. The summed E-state index contributed by atoms with van der Waals surface area (Å²) in [6.45, 7) is 1.73. The van der Waals surface area contributed by atoms with Crippen LogP contribution >= 0.6 is 11.6 Å². The Morgan fingerprint density at radius 3 is 2.77 bits per heavy atom. The summed E-state index contributed by atoms with van der Waals surface area (Å²) in [7, 11) is 0. The van der Waals surface area contributed by atoms with Gasteiger partial charge in [0.05, 0.1) is 6.10 Å². The van der Waals surface area contributed by atoms with Crippen molar-refractivity contribution < 1.29 is 14.3 Å². The van der Waals surface area contributed by atoms with Crippen LogP contribution in [0.1, 0.15) is 17.2 Å². The van der Waals surface area contributed by atoms with E-state index in [-0.39, 0.29) is 12.1 Å². The fraction of sp³-hybridized carbons (Fsp3) is 0.188. The van der Waals surface area contributed by atoms with Crippen molar-refractivity contribution in [2.24, 2.45) is 0 Å². The highest BCUT2D eigenvalue weighted by molar-refractivity contribution is 6.31. The molecule has 0 aliphatic rings. The summed E-state index contributed by atoms with van der Waals surface area (Å²) in [6.07, 6.45) is -1.12. The molecular weight excluding hydrogens is 307 g/mol. The van der Waals surface area contributed by atoms with Crippen LogP contribution in [0.3, 0.4) is 0 Å². The molecule has 0 fully saturated rings. The Kier molecular flexibility index (Phi) is 5.35. The third-order valence-corrected chi connectivity index (χ3v) is 3.40. The zero-order chi connectivity index (χ0) is 16.1. The van der Waals surface area contributed by atoms with Gasteiger partial charge in [-0.15, -0.1) is 0 Å². The van der Waals surface area contributed by atoms with Gasteiger partial charge in [-0.2, -0.15) is 0 Å². The van der Waals surface area contributed by atoms with Crippen molar-refractivity contribution in [1.29, 1.82) is 0 Å². The highest BCUT2D eigenvalue weighted by atomic mass is 35.5. The van der Waals surface area contributed by atoms with Crippen molar-refractivity contribution in [1.82, 2.24) is 5.32 Å². The zero-order valence-electron chi connectivity index (χ0n) is 11.9. The topological polar surface area (TPSA) is 61.4 Å². The first-order valence-electron chi connectivity index (χ1n) is 6.71. The second-order valence-corrected chi connectivity index (χ2v) is 5.27. The molecule has 2 amide bonds. The van der Waals surface area contributed by atoms with Gasteiger partial charge in [0.1, 0.15) is 5.82 Å². The summed E-state index contributed by atoms with van der Waals surface area (Å²) >= 11 is 5.87. The van der Waals surface area contributed by atoms with Crippen LogP contribution in [-0.2, 0) is 0 Å². The maximum Gasteiger partial charge on any atom is 0.319 e. The summed E-state index contributed by atoms with van der Waals surface area (Å²) < 4.78 is 13.5. The number of aryl methyl sites for hydroxylation is 1. The maximum absolute atomic E-state index is 13.5. The summed E-state index contributed by atoms with van der Waals surface area (Å²) in [5.41, 5.74) is 1.57. The number of anilines is 1. The van der Waals surface area contributed by atoms with Crippen molar-refractivity contribution in [3.05, 3.63) is 64.4 Å². The average Bonchev–Trinajstić information content (AvgIpc) is 2.49. The van der Waals surface area contributed by atoms with E-state index in [0.717, 1.165) is 5.56 Å². The second-order valence-electron chi connectivity index (χ2n) is 4.83. The average molecular weight is 323 g/mol. The van der Waals surface area contributed by atoms with Crippen LogP contribution in [0.15, 0.2) is 42.5 Å². The maximum atomic E-state index is 13.5. The first-order valence-corrected chi connectivity index (χ1v) is 7.08. The van der Waals surface area contributed by atoms with Gasteiger partial charge >= 0.3 is 6.03 Å². The molecule has 116 valence electrons. The minimum atomic E-state index is -1.12. The van der Waals surface area contributed by atoms with E-state index < -0.39 is 18.0 Å². The summed E-state index contributed by atoms with van der Waals surface area (Å²) in [5.74, 6) is -0.511. The molecule has 0 bridgehead atoms. The standard InChI is InChI=1S/C16H16ClFN2O2/c1-10-6-7-11(17)8-14(10)20-16(22)19-9-15(21)12-4-2-3-5-13(12)18/h2-8,15,21H,9H2,1H3,(H2,19,20,22). The van der Waals surface area contributed by atoms with E-state index in [1.54, 1.807) is 24.3 Å². The molecule has 4 nitrogen and oxygen atoms in total. The number of nitrogens with one attached hydrogen (secondary N) is 2. The van der Waals surface area contributed by atoms with Gasteiger partial charge < -0.3 is 15.7 Å². The molecule has 0 heterocycles. The monoisotopic (exact) mass is 322 g/mol. The van der Waals surface area contributed by atoms with E-state index in [2.05, 4.69) is 10.6 Å². The highest BCUT2D eigenvalue weighted by Crippen LogP contribution is 2.20. The van der Waals surface area contributed by atoms with Gasteiger partial charge in [-0.05, 0) is 30.7 Å². The predicted molar refractivity (Wildman–Crippen MR) is 84.6 cm³/mol. The van der Waals surface area contributed by atoms with Crippen LogP contribution in [0.4, 0.5) is 14.9 Å². The van der Waals surface area contributed by atoms with E-state index in [1.807, 2.05) is 6.92 Å². The molecule has 0 radical (unpaired) electrons. The lowest BCUT2D eigenvalue weighted by molar-refractivity contribution is 0.170. The van der Waals surface area contributed by atoms with E-state index in [1.165, 1.54) is 18.2 Å². The Hall–Kier alpha value is -2.11. The van der Waals surface area contributed by atoms with Crippen molar-refractivity contribution >= 4 is 23.3 Å². The molecule has 0 aliphatic heterocycles. The summed E-state index contributed by atoms with van der Waals surface area (Å²) in [4.78, 5) is 11.8. The summed E-state index contributed by atoms with van der Waals surface area (Å²) in [6, 6.07) is 10.5. The molecule has 2 rings (SSSR count). The van der Waals surface area contributed by atoms with Crippen molar-refractivity contribution in [3.8, 4) is 0 Å². The molecule has 0 saturated carbocycles. The van der Waals surface area contributed by atoms with Crippen LogP contribution in [0, 0.1) is 12.7 Å². The largest absolute Gasteiger partial charge is 0.386 e. The predicted octanol–water partition coefficient (Wildman–Crippen LogP) is 3.64. The van der Waals surface area contributed by atoms with Crippen molar-refractivity contribution in [3.63, 3.8) is 0 Å². The Labute approximate surface area is 132 Å². The van der Waals surface area contributed by atoms with Gasteiger partial charge in [0, 0.05) is 22.8 Å². The SMILES string of the molecule is Cc1ccc(Cl)cc1NC(=O)NCC(O)c1ccccc1F. The minimum absolute atomic E-state index is 0.105. The number of carbonyl (C=O) groups excluding carboxylic acids is 1. The third kappa shape index (κ3) is 4.19. The zero-order valence-corrected chi connectivity index (χ0v) is 12.7. The van der Waals surface area contributed by atoms with Crippen LogP contribution in [0.25, 0.3) is 0 Å². The molecule has 0 aromatic heterocycles. The van der Waals surface area contributed by atoms with Crippen molar-refractivity contribution in [2.45, 2.75) is 13.0 Å². The number of hydrogen-bond acceptors (Lipinski definition) is 2. The molecular formula is C16H16ClFN2O2. The molecule has 1 atom stereocenters. The first kappa shape index (κ1) is 16.3. The molecule has 6 heteroatoms. The van der Waals surface area contributed by atoms with Crippen LogP contribution in [0.5, 0.6) is 0 Å². The number of aliphatic hydroxyl groups is 1. The molecule has 2 aromatic carbocycles. The normalized spacial score (nSPS) is 11.8. The van der Waals surface area contributed by atoms with Gasteiger partial charge in [0.25, 0.3) is 0 Å². The number of benzene rings is 2. The second kappa shape index (κ2) is 7.24. The summed E-state index contributed by atoms with van der Waals surface area (Å²) in [5, 5.41) is 15.5. The first-order chi connectivity index (χ1) is 10.5. The molecule has 2 aromatic rings. The molecule has 22 heavy (non-hydrogen) atoms. The Balaban J connectivity index is 1.93. The van der Waals surface area contributed by atoms with Gasteiger partial charge in [-0.1, -0.05) is 35.9 Å². The van der Waals surface area contributed by atoms with Gasteiger partial charge in [-0.3, -0.25) is 0 Å². The van der Waals surface area contributed by atoms with E-state index in [9.17, 15) is 14.3 Å². The number of hydrogen-bond donors (Lipinski definition) is 3. The quantitative estimate of drug-likeness (QED) is 0.804. The molecule has 0 aliphatic carbocycles. The van der Waals surface area contributed by atoms with Gasteiger partial charge in [-0.25, -0.2) is 9.18 Å². The lowest BCUT2D eigenvalue weighted by Gasteiger charge is -2.14. The minimum Gasteiger partial charge on any atom is -0.386 e. The smallest absolute Gasteiger partial charge is 0.319 e. The Morgan fingerprint density at radius 1 is 1.32 bits per heavy atom. The fourth-order valence-corrected chi connectivity index (χ4v) is 2.11. The number of halogens is 2. The number of carbonyl (C=O) groups is 1. The van der Waals surface area contributed by atoms with Crippen molar-refractivity contribution in [2.75, 3.05) is 11.9 Å². The number of amides is 2. The third-order valence-electron chi connectivity index (χ3n) is 3.17. The number of aliphatic hydroxyl groups excluding tert-OH is 1. The lowest BCUT2D eigenvalue weighted by atomic mass is 10.1. The van der Waals surface area contributed by atoms with Crippen LogP contribution in [0.2, 0.25) is 5.02 Å². The van der Waals surface area contributed by atoms with Gasteiger partial charge in [0.2, 0.25) is 0 Å². The Bertz CT molecular complexity index is 679. The van der Waals surface area contributed by atoms with Gasteiger partial charge in [0.15, 0.2) is 0 Å². The number of rotatable bonds is 4. The molecule has 3 N–H and O–H groups in total. The van der Waals surface area contributed by atoms with E-state index in [4.69, 9.17) is 11.6 Å². The molecule has 1 unspecified atom stereocenters. The molecule has 0 saturated heterocycles. The fourth-order valence-electron chi connectivity index (χ4n) is 1.94. The van der Waals surface area contributed by atoms with Crippen LogP contribution in [-0.4, -0.2) is 17.7 Å². The number of urea groups is 1. The highest BCUT2D eigenvalue weighted by Gasteiger charge is 2.13. The van der Waals surface area contributed by atoms with E-state index in [0.29, 0.717) is 10.7 Å². The molecule has 0 spiro atoms.